The van der Waals surface area contributed by atoms with Crippen molar-refractivity contribution in [1.82, 2.24) is 52.3 Å². The zero-order valence-electron chi connectivity index (χ0n) is 55.8. The summed E-state index contributed by atoms with van der Waals surface area (Å²) in [4.78, 5) is 186. The molecule has 5 rings (SSSR count). The second-order valence-corrected chi connectivity index (χ2v) is 25.0. The standard InChI is InChI=1S/C67H98N18O13/c1-40(2)35-49(61(93)81-48(57(72)89)36-41-17-6-3-7-18-41)77-56(88)39-76-58(90)50(37-42-19-8-4-9-20-42)82-62(94)51(38-43-21-10-5-11-22-43)83-60(92)45(27-29-54(70)86)78-59(91)46(28-30-55(71)87)79-63(95)53-26-16-34-85(53)66(98)47(24-12-13-31-68)80-64(96)52-25-15-33-84(52)65(97)44(69)23-14-32-75-67(73)74/h3-11,17-22,40,44-53H,12-16,23-39,68-69H2,1-2H3,(H2,70,86)(H2,71,87)(H2,72,89)(H,76,90)(H,77,88)(H,78,91)(H,79,95)(H,80,96)(H,81,93)(H,82,94)(H,83,92)(H4,73,74,75)/t44-,45-,46-,47-,48-,49-,50-,51-,52-,53-/m0/s1. The first-order valence-corrected chi connectivity index (χ1v) is 33.2. The van der Waals surface area contributed by atoms with Gasteiger partial charge in [0.05, 0.1) is 12.6 Å². The Morgan fingerprint density at radius 1 is 0.480 bits per heavy atom. The van der Waals surface area contributed by atoms with Crippen LogP contribution in [0.4, 0.5) is 0 Å². The molecule has 22 N–H and O–H groups in total. The van der Waals surface area contributed by atoms with Crippen LogP contribution >= 0.6 is 0 Å². The molecule has 534 valence electrons. The maximum atomic E-state index is 14.7. The molecule has 2 heterocycles. The molecule has 2 fully saturated rings. The Bertz CT molecular complexity index is 3230. The molecule has 31 nitrogen and oxygen atoms in total. The summed E-state index contributed by atoms with van der Waals surface area (Å²) in [7, 11) is 0. The van der Waals surface area contributed by atoms with Crippen molar-refractivity contribution in [3.63, 3.8) is 0 Å². The number of carbonyl (C=O) groups excluding carboxylic acids is 13. The van der Waals surface area contributed by atoms with Crippen LogP contribution < -0.4 is 82.7 Å². The van der Waals surface area contributed by atoms with Crippen molar-refractivity contribution in [2.24, 2.45) is 51.0 Å². The van der Waals surface area contributed by atoms with Crippen molar-refractivity contribution in [3.8, 4) is 0 Å². The van der Waals surface area contributed by atoms with E-state index in [1.54, 1.807) is 91.0 Å². The van der Waals surface area contributed by atoms with Gasteiger partial charge in [0.1, 0.15) is 54.4 Å². The number of benzene rings is 3. The van der Waals surface area contributed by atoms with Crippen LogP contribution in [-0.4, -0.2) is 186 Å². The number of hydrogen-bond donors (Lipinski definition) is 15. The molecule has 0 aliphatic carbocycles. The lowest BCUT2D eigenvalue weighted by molar-refractivity contribution is -0.144. The fraction of sp³-hybridized carbons (Fsp3) is 0.522. The fourth-order valence-electron chi connectivity index (χ4n) is 11.6. The summed E-state index contributed by atoms with van der Waals surface area (Å²) in [6.07, 6.45) is 1.05. The summed E-state index contributed by atoms with van der Waals surface area (Å²) in [5.74, 6) is -10.5. The lowest BCUT2D eigenvalue weighted by Gasteiger charge is -2.32. The van der Waals surface area contributed by atoms with E-state index >= 15 is 0 Å². The first kappa shape index (κ1) is 78.7. The SMILES string of the molecule is CC(C)C[C@H](NC(=O)CNC(=O)[C@H](Cc1ccccc1)NC(=O)[C@H](Cc1ccccc1)NC(=O)[C@H](CCC(N)=O)NC(=O)[C@H](CCC(N)=O)NC(=O)[C@@H]1CCCN1C(=O)[C@H](CCCCN)NC(=O)[C@@H]1CCCN1C(=O)[C@@H](N)CCCN=C(N)N)C(=O)N[C@@H](Cc1ccccc1)C(N)=O. The van der Waals surface area contributed by atoms with Crippen LogP contribution in [0.5, 0.6) is 0 Å². The van der Waals surface area contributed by atoms with E-state index in [0.29, 0.717) is 49.7 Å². The Kier molecular flexibility index (Phi) is 32.5. The highest BCUT2D eigenvalue weighted by Crippen LogP contribution is 2.24. The molecule has 3 aromatic rings. The van der Waals surface area contributed by atoms with Crippen molar-refractivity contribution < 1.29 is 62.3 Å². The highest BCUT2D eigenvalue weighted by molar-refractivity contribution is 5.99. The molecule has 2 aliphatic rings. The molecule has 10 atom stereocenters. The number of unbranched alkanes of at least 4 members (excludes halogenated alkanes) is 1. The molecular formula is C67H98N18O13. The van der Waals surface area contributed by atoms with Gasteiger partial charge in [-0.2, -0.15) is 0 Å². The number of nitrogens with zero attached hydrogens (tertiary/aromatic N) is 3. The number of amides is 13. The number of primary amides is 3. The van der Waals surface area contributed by atoms with Crippen molar-refractivity contribution in [1.29, 1.82) is 0 Å². The van der Waals surface area contributed by atoms with Gasteiger partial charge in [-0.25, -0.2) is 0 Å². The van der Waals surface area contributed by atoms with Crippen molar-refractivity contribution in [2.45, 2.75) is 183 Å². The third-order valence-corrected chi connectivity index (χ3v) is 16.7. The molecule has 98 heavy (non-hydrogen) atoms. The van der Waals surface area contributed by atoms with Gasteiger partial charge in [0.25, 0.3) is 0 Å². The normalized spacial score (nSPS) is 16.6. The molecule has 0 bridgehead atoms. The van der Waals surface area contributed by atoms with E-state index in [2.05, 4.69) is 47.5 Å². The molecular weight excluding hydrogens is 1260 g/mol. The van der Waals surface area contributed by atoms with Crippen LogP contribution in [-0.2, 0) is 81.6 Å². The molecule has 0 saturated carbocycles. The summed E-state index contributed by atoms with van der Waals surface area (Å²) < 4.78 is 0. The number of likely N-dealkylation sites (tertiary alicyclic amines) is 2. The van der Waals surface area contributed by atoms with E-state index in [-0.39, 0.29) is 83.0 Å². The minimum absolute atomic E-state index is 0.0712. The van der Waals surface area contributed by atoms with Crippen LogP contribution in [0, 0.1) is 5.92 Å². The smallest absolute Gasteiger partial charge is 0.245 e. The van der Waals surface area contributed by atoms with Gasteiger partial charge in [-0.3, -0.25) is 67.3 Å². The minimum Gasteiger partial charge on any atom is -0.370 e. The maximum absolute atomic E-state index is 14.7. The highest BCUT2D eigenvalue weighted by Gasteiger charge is 2.42. The molecule has 2 saturated heterocycles. The van der Waals surface area contributed by atoms with Gasteiger partial charge >= 0.3 is 0 Å². The number of nitrogens with two attached hydrogens (primary N) is 7. The van der Waals surface area contributed by atoms with E-state index in [1.807, 2.05) is 13.8 Å². The van der Waals surface area contributed by atoms with Crippen LogP contribution in [0.25, 0.3) is 0 Å². The second kappa shape index (κ2) is 40.5. The number of hydrogen-bond acceptors (Lipinski definition) is 16. The Morgan fingerprint density at radius 3 is 1.38 bits per heavy atom. The van der Waals surface area contributed by atoms with Gasteiger partial charge in [-0.1, -0.05) is 105 Å². The van der Waals surface area contributed by atoms with Gasteiger partial charge in [-0.15, -0.1) is 0 Å². The quantitative estimate of drug-likeness (QED) is 0.0151. The third kappa shape index (κ3) is 26.5. The molecule has 0 radical (unpaired) electrons. The molecule has 0 spiro atoms. The first-order chi connectivity index (χ1) is 46.7. The first-order valence-electron chi connectivity index (χ1n) is 33.2. The summed E-state index contributed by atoms with van der Waals surface area (Å²) in [6.45, 7) is 3.83. The predicted octanol–water partition coefficient (Wildman–Crippen LogP) is -3.22. The highest BCUT2D eigenvalue weighted by atomic mass is 16.2. The molecule has 0 unspecified atom stereocenters. The average molecular weight is 1360 g/mol. The second-order valence-electron chi connectivity index (χ2n) is 25.0. The largest absolute Gasteiger partial charge is 0.370 e. The number of carbonyl (C=O) groups is 13. The topological polar surface area (TPSA) is 519 Å². The Labute approximate surface area is 570 Å². The van der Waals surface area contributed by atoms with E-state index in [1.165, 1.54) is 9.80 Å². The monoisotopic (exact) mass is 1360 g/mol. The van der Waals surface area contributed by atoms with Gasteiger partial charge in [-0.05, 0) is 106 Å². The zero-order chi connectivity index (χ0) is 71.8. The maximum Gasteiger partial charge on any atom is 0.245 e. The van der Waals surface area contributed by atoms with Crippen molar-refractivity contribution >= 4 is 82.8 Å². The molecule has 3 aromatic carbocycles. The van der Waals surface area contributed by atoms with Gasteiger partial charge in [0, 0.05) is 51.7 Å². The van der Waals surface area contributed by atoms with E-state index < -0.39 is 169 Å². The summed E-state index contributed by atoms with van der Waals surface area (Å²) >= 11 is 0. The van der Waals surface area contributed by atoms with Crippen LogP contribution in [0.3, 0.4) is 0 Å². The van der Waals surface area contributed by atoms with Crippen LogP contribution in [0.15, 0.2) is 96.0 Å². The lowest BCUT2D eigenvalue weighted by atomic mass is 10.0. The van der Waals surface area contributed by atoms with Gasteiger partial charge in [0.15, 0.2) is 5.96 Å². The summed E-state index contributed by atoms with van der Waals surface area (Å²) in [5.41, 5.74) is 41.5. The van der Waals surface area contributed by atoms with Crippen LogP contribution in [0.1, 0.15) is 120 Å². The van der Waals surface area contributed by atoms with Crippen molar-refractivity contribution in [3.05, 3.63) is 108 Å². The molecule has 31 heteroatoms. The molecule has 0 aromatic heterocycles. The number of nitrogens with one attached hydrogen (secondary N) is 8. The van der Waals surface area contributed by atoms with E-state index in [4.69, 9.17) is 40.1 Å². The molecule has 2 aliphatic heterocycles. The predicted molar refractivity (Wildman–Crippen MR) is 363 cm³/mol. The number of rotatable bonds is 41. The van der Waals surface area contributed by atoms with E-state index in [9.17, 15) is 62.3 Å². The number of guanidine groups is 1. The van der Waals surface area contributed by atoms with Crippen molar-refractivity contribution in [2.75, 3.05) is 32.7 Å². The van der Waals surface area contributed by atoms with Gasteiger partial charge in [0.2, 0.25) is 76.8 Å². The Morgan fingerprint density at radius 2 is 0.908 bits per heavy atom. The Balaban J connectivity index is 1.33. The van der Waals surface area contributed by atoms with Gasteiger partial charge < -0.3 is 92.5 Å². The van der Waals surface area contributed by atoms with Crippen LogP contribution in [0.2, 0.25) is 0 Å². The third-order valence-electron chi connectivity index (χ3n) is 16.7. The summed E-state index contributed by atoms with van der Waals surface area (Å²) in [5, 5.41) is 21.2. The fourth-order valence-corrected chi connectivity index (χ4v) is 11.6. The lowest BCUT2D eigenvalue weighted by Crippen LogP contribution is -2.60. The molecule has 13 amide bonds. The zero-order valence-corrected chi connectivity index (χ0v) is 55.8. The number of aliphatic imine (C=N–C) groups is 1. The minimum atomic E-state index is -1.65. The summed E-state index contributed by atoms with van der Waals surface area (Å²) in [6, 6.07) is 13.2. The Hall–Kier alpha value is -10.0. The van der Waals surface area contributed by atoms with E-state index in [0.717, 1.165) is 5.56 Å². The average Bonchev–Trinajstić information content (AvgIpc) is 1.60.